The Bertz CT molecular complexity index is 427. The number of hydrogen-bond donors (Lipinski definition) is 2. The van der Waals surface area contributed by atoms with Crippen molar-refractivity contribution in [1.29, 1.82) is 0 Å². The van der Waals surface area contributed by atoms with Gasteiger partial charge < -0.3 is 20.1 Å². The number of anilines is 1. The first-order chi connectivity index (χ1) is 8.66. The Kier molecular flexibility index (Phi) is 4.06. The van der Waals surface area contributed by atoms with Crippen LogP contribution in [0.5, 0.6) is 0 Å². The molecular weight excluding hydrogens is 236 g/mol. The average Bonchev–Trinajstić information content (AvgIpc) is 2.37. The summed E-state index contributed by atoms with van der Waals surface area (Å²) in [5, 5.41) is 12.0. The highest BCUT2D eigenvalue weighted by Crippen LogP contribution is 2.11. The van der Waals surface area contributed by atoms with E-state index in [-0.39, 0.29) is 11.7 Å². The van der Waals surface area contributed by atoms with Crippen molar-refractivity contribution in [2.45, 2.75) is 6.10 Å². The van der Waals surface area contributed by atoms with E-state index in [0.717, 1.165) is 13.1 Å². The van der Waals surface area contributed by atoms with Crippen LogP contribution in [0.15, 0.2) is 12.5 Å². The second-order valence-electron chi connectivity index (χ2n) is 4.23. The van der Waals surface area contributed by atoms with Gasteiger partial charge in [-0.25, -0.2) is 14.8 Å². The molecular formula is C11H16N4O3. The first-order valence-corrected chi connectivity index (χ1v) is 5.74. The molecule has 7 nitrogen and oxygen atoms in total. The highest BCUT2D eigenvalue weighted by molar-refractivity contribution is 5.92. The summed E-state index contributed by atoms with van der Waals surface area (Å²) in [5.41, 5.74) is 0.0710. The van der Waals surface area contributed by atoms with E-state index in [1.807, 2.05) is 7.05 Å². The fourth-order valence-electron chi connectivity index (χ4n) is 1.83. The molecule has 2 rings (SSSR count). The van der Waals surface area contributed by atoms with Crippen molar-refractivity contribution in [1.82, 2.24) is 14.9 Å². The predicted octanol–water partition coefficient (Wildman–Crippen LogP) is -0.0827. The topological polar surface area (TPSA) is 87.6 Å². The molecule has 1 unspecified atom stereocenters. The number of aromatic carboxylic acids is 1. The molecule has 0 saturated carbocycles. The Morgan fingerprint density at radius 2 is 2.56 bits per heavy atom. The molecule has 1 saturated heterocycles. The van der Waals surface area contributed by atoms with E-state index in [4.69, 9.17) is 9.84 Å². The molecule has 1 fully saturated rings. The molecule has 0 radical (unpaired) electrons. The number of rotatable bonds is 4. The fraction of sp³-hybridized carbons (Fsp3) is 0.545. The zero-order chi connectivity index (χ0) is 13.0. The van der Waals surface area contributed by atoms with E-state index in [2.05, 4.69) is 20.2 Å². The van der Waals surface area contributed by atoms with E-state index in [0.29, 0.717) is 19.0 Å². The normalized spacial score (nSPS) is 20.6. The molecule has 1 aromatic rings. The molecule has 0 aliphatic carbocycles. The van der Waals surface area contributed by atoms with E-state index in [1.54, 1.807) is 0 Å². The van der Waals surface area contributed by atoms with Crippen molar-refractivity contribution in [3.8, 4) is 0 Å². The lowest BCUT2D eigenvalue weighted by Crippen LogP contribution is -2.43. The van der Waals surface area contributed by atoms with Crippen LogP contribution in [0, 0.1) is 0 Å². The highest BCUT2D eigenvalue weighted by atomic mass is 16.5. The number of morpholine rings is 1. The van der Waals surface area contributed by atoms with Crippen LogP contribution in [-0.2, 0) is 4.74 Å². The molecule has 2 N–H and O–H groups in total. The van der Waals surface area contributed by atoms with Crippen LogP contribution in [0.25, 0.3) is 0 Å². The van der Waals surface area contributed by atoms with Crippen LogP contribution >= 0.6 is 0 Å². The number of likely N-dealkylation sites (N-methyl/N-ethyl adjacent to an activating group) is 1. The monoisotopic (exact) mass is 252 g/mol. The van der Waals surface area contributed by atoms with E-state index in [1.165, 1.54) is 12.5 Å². The lowest BCUT2D eigenvalue weighted by atomic mass is 10.2. The first-order valence-electron chi connectivity index (χ1n) is 5.74. The van der Waals surface area contributed by atoms with Gasteiger partial charge in [0, 0.05) is 25.8 Å². The molecule has 18 heavy (non-hydrogen) atoms. The lowest BCUT2D eigenvalue weighted by molar-refractivity contribution is -0.0117. The molecule has 0 aromatic carbocycles. The molecule has 1 atom stereocenters. The van der Waals surface area contributed by atoms with Gasteiger partial charge in [-0.1, -0.05) is 0 Å². The van der Waals surface area contributed by atoms with Gasteiger partial charge in [-0.2, -0.15) is 0 Å². The summed E-state index contributed by atoms with van der Waals surface area (Å²) in [5.74, 6) is -0.714. The van der Waals surface area contributed by atoms with Crippen LogP contribution in [0.4, 0.5) is 5.82 Å². The number of carboxylic acid groups (broad SMARTS) is 1. The zero-order valence-electron chi connectivity index (χ0n) is 10.2. The van der Waals surface area contributed by atoms with Crippen LogP contribution in [-0.4, -0.2) is 65.3 Å². The van der Waals surface area contributed by atoms with Crippen molar-refractivity contribution >= 4 is 11.8 Å². The summed E-state index contributed by atoms with van der Waals surface area (Å²) in [6.07, 6.45) is 2.65. The van der Waals surface area contributed by atoms with Gasteiger partial charge in [0.25, 0.3) is 0 Å². The smallest absolute Gasteiger partial charge is 0.341 e. The first kappa shape index (κ1) is 12.7. The second kappa shape index (κ2) is 5.74. The minimum Gasteiger partial charge on any atom is -0.477 e. The number of aromatic nitrogens is 2. The summed E-state index contributed by atoms with van der Waals surface area (Å²) >= 11 is 0. The Labute approximate surface area is 105 Å². The maximum atomic E-state index is 11.0. The third kappa shape index (κ3) is 3.14. The fourth-order valence-corrected chi connectivity index (χ4v) is 1.83. The summed E-state index contributed by atoms with van der Waals surface area (Å²) in [6, 6.07) is 0. The van der Waals surface area contributed by atoms with Gasteiger partial charge in [0.05, 0.1) is 12.7 Å². The Morgan fingerprint density at radius 3 is 3.28 bits per heavy atom. The van der Waals surface area contributed by atoms with Crippen LogP contribution in [0.3, 0.4) is 0 Å². The Hall–Kier alpha value is -1.73. The average molecular weight is 252 g/mol. The third-order valence-corrected chi connectivity index (χ3v) is 2.78. The van der Waals surface area contributed by atoms with Crippen molar-refractivity contribution in [3.63, 3.8) is 0 Å². The lowest BCUT2D eigenvalue weighted by Gasteiger charge is -2.30. The van der Waals surface area contributed by atoms with Crippen molar-refractivity contribution < 1.29 is 14.6 Å². The summed E-state index contributed by atoms with van der Waals surface area (Å²) < 4.78 is 5.58. The summed E-state index contributed by atoms with van der Waals surface area (Å²) in [4.78, 5) is 20.8. The Morgan fingerprint density at radius 1 is 1.72 bits per heavy atom. The van der Waals surface area contributed by atoms with Gasteiger partial charge in [0.15, 0.2) is 0 Å². The molecule has 2 heterocycles. The second-order valence-corrected chi connectivity index (χ2v) is 4.23. The van der Waals surface area contributed by atoms with E-state index in [9.17, 15) is 4.79 Å². The van der Waals surface area contributed by atoms with Crippen LogP contribution < -0.4 is 5.32 Å². The van der Waals surface area contributed by atoms with E-state index >= 15 is 0 Å². The Balaban J connectivity index is 1.95. The predicted molar refractivity (Wildman–Crippen MR) is 64.7 cm³/mol. The minimum atomic E-state index is -1.04. The molecule has 1 aliphatic rings. The largest absolute Gasteiger partial charge is 0.477 e. The van der Waals surface area contributed by atoms with Crippen LogP contribution in [0.1, 0.15) is 10.4 Å². The van der Waals surface area contributed by atoms with Gasteiger partial charge in [-0.15, -0.1) is 0 Å². The number of ether oxygens (including phenoxy) is 1. The highest BCUT2D eigenvalue weighted by Gasteiger charge is 2.18. The summed E-state index contributed by atoms with van der Waals surface area (Å²) in [6.45, 7) is 2.96. The number of carboxylic acids is 1. The van der Waals surface area contributed by atoms with Gasteiger partial charge in [0.2, 0.25) is 0 Å². The van der Waals surface area contributed by atoms with Crippen LogP contribution in [0.2, 0.25) is 0 Å². The van der Waals surface area contributed by atoms with Gasteiger partial charge in [0.1, 0.15) is 17.7 Å². The maximum absolute atomic E-state index is 11.0. The quantitative estimate of drug-likeness (QED) is 0.774. The van der Waals surface area contributed by atoms with Crippen molar-refractivity contribution in [3.05, 3.63) is 18.1 Å². The number of carbonyl (C=O) groups is 1. The number of hydrogen-bond acceptors (Lipinski definition) is 6. The molecule has 1 aromatic heterocycles. The van der Waals surface area contributed by atoms with Crippen molar-refractivity contribution in [2.24, 2.45) is 0 Å². The summed E-state index contributed by atoms with van der Waals surface area (Å²) in [7, 11) is 2.03. The molecule has 0 amide bonds. The molecule has 7 heteroatoms. The van der Waals surface area contributed by atoms with Crippen molar-refractivity contribution in [2.75, 3.05) is 38.6 Å². The van der Waals surface area contributed by atoms with Gasteiger partial charge >= 0.3 is 5.97 Å². The maximum Gasteiger partial charge on any atom is 0.341 e. The molecule has 1 aliphatic heterocycles. The SMILES string of the molecule is CN1CCOC(CNc2ncncc2C(=O)O)C1. The molecule has 98 valence electrons. The molecule has 0 bridgehead atoms. The van der Waals surface area contributed by atoms with Gasteiger partial charge in [-0.3, -0.25) is 0 Å². The number of nitrogens with one attached hydrogen (secondary N) is 1. The van der Waals surface area contributed by atoms with E-state index < -0.39 is 5.97 Å². The minimum absolute atomic E-state index is 0.0420. The van der Waals surface area contributed by atoms with Gasteiger partial charge in [-0.05, 0) is 7.05 Å². The number of nitrogens with zero attached hydrogens (tertiary/aromatic N) is 3. The third-order valence-electron chi connectivity index (χ3n) is 2.78. The zero-order valence-corrected chi connectivity index (χ0v) is 10.2. The molecule has 0 spiro atoms. The standard InChI is InChI=1S/C11H16N4O3/c1-15-2-3-18-8(6-15)4-13-10-9(11(16)17)5-12-7-14-10/h5,7-8H,2-4,6H2,1H3,(H,16,17)(H,12,13,14).